The first-order valence-corrected chi connectivity index (χ1v) is 9.26. The molecule has 117 valence electrons. The number of piperidine rings is 1. The van der Waals surface area contributed by atoms with Gasteiger partial charge < -0.3 is 9.80 Å². The molecule has 1 aromatic rings. The molecule has 0 atom stereocenters. The van der Waals surface area contributed by atoms with Crippen LogP contribution < -0.4 is 9.62 Å². The number of sulfonamides is 1. The molecule has 0 bridgehead atoms. The van der Waals surface area contributed by atoms with Crippen molar-refractivity contribution in [2.24, 2.45) is 0 Å². The fourth-order valence-electron chi connectivity index (χ4n) is 2.55. The van der Waals surface area contributed by atoms with E-state index in [9.17, 15) is 8.42 Å². The third kappa shape index (κ3) is 5.55. The van der Waals surface area contributed by atoms with Gasteiger partial charge in [0.25, 0.3) is 0 Å². The van der Waals surface area contributed by atoms with E-state index >= 15 is 0 Å². The highest BCUT2D eigenvalue weighted by Gasteiger charge is 2.11. The Morgan fingerprint density at radius 3 is 2.71 bits per heavy atom. The molecule has 1 N–H and O–H groups in total. The number of likely N-dealkylation sites (N-methyl/N-ethyl adjacent to an activating group) is 1. The number of anilines is 2. The first-order chi connectivity index (χ1) is 9.94. The average molecular weight is 310 g/mol. The molecule has 5 nitrogen and oxygen atoms in total. The number of likely N-dealkylation sites (tertiary alicyclic amines) is 1. The molecule has 1 heterocycles. The summed E-state index contributed by atoms with van der Waals surface area (Å²) in [7, 11) is -1.23. The lowest BCUT2D eigenvalue weighted by Gasteiger charge is -2.29. The third-order valence-corrected chi connectivity index (χ3v) is 4.31. The summed E-state index contributed by atoms with van der Waals surface area (Å²) >= 11 is 0. The largest absolute Gasteiger partial charge is 0.373 e. The van der Waals surface area contributed by atoms with Crippen LogP contribution >= 0.6 is 0 Å². The summed E-state index contributed by atoms with van der Waals surface area (Å²) < 4.78 is 25.0. The molecule has 1 aliphatic rings. The van der Waals surface area contributed by atoms with E-state index in [2.05, 4.69) is 20.6 Å². The number of hydrogen-bond donors (Lipinski definition) is 1. The maximum Gasteiger partial charge on any atom is 0.229 e. The van der Waals surface area contributed by atoms with E-state index in [1.54, 1.807) is 6.07 Å². The minimum absolute atomic E-state index is 0.486. The van der Waals surface area contributed by atoms with Gasteiger partial charge in [-0.1, -0.05) is 12.5 Å². The van der Waals surface area contributed by atoms with Crippen molar-refractivity contribution in [3.63, 3.8) is 0 Å². The van der Waals surface area contributed by atoms with E-state index in [1.807, 2.05) is 19.2 Å². The molecule has 21 heavy (non-hydrogen) atoms. The Balaban J connectivity index is 1.92. The van der Waals surface area contributed by atoms with Crippen molar-refractivity contribution in [2.75, 3.05) is 49.1 Å². The van der Waals surface area contributed by atoms with Crippen LogP contribution in [0.3, 0.4) is 0 Å². The Kier molecular flexibility index (Phi) is 5.47. The fourth-order valence-corrected chi connectivity index (χ4v) is 3.07. The summed E-state index contributed by atoms with van der Waals surface area (Å²) in [6.45, 7) is 4.36. The van der Waals surface area contributed by atoms with Crippen LogP contribution in [-0.4, -0.2) is 52.8 Å². The zero-order valence-electron chi connectivity index (χ0n) is 12.8. The van der Waals surface area contributed by atoms with Gasteiger partial charge in [-0.2, -0.15) is 0 Å². The van der Waals surface area contributed by atoms with Gasteiger partial charge in [-0.25, -0.2) is 8.42 Å². The van der Waals surface area contributed by atoms with E-state index in [4.69, 9.17) is 0 Å². The highest BCUT2D eigenvalue weighted by molar-refractivity contribution is 7.92. The molecule has 2 rings (SSSR count). The lowest BCUT2D eigenvalue weighted by atomic mass is 10.1. The van der Waals surface area contributed by atoms with E-state index in [0.717, 1.165) is 25.0 Å². The van der Waals surface area contributed by atoms with Crippen molar-refractivity contribution < 1.29 is 8.42 Å². The highest BCUT2D eigenvalue weighted by atomic mass is 32.2. The summed E-state index contributed by atoms with van der Waals surface area (Å²) in [5.74, 6) is 0. The molecule has 0 aliphatic carbocycles. The van der Waals surface area contributed by atoms with E-state index in [-0.39, 0.29) is 0 Å². The Hall–Kier alpha value is -1.27. The van der Waals surface area contributed by atoms with Crippen LogP contribution in [0, 0.1) is 6.07 Å². The fraction of sp³-hybridized carbons (Fsp3) is 0.600. The zero-order valence-corrected chi connectivity index (χ0v) is 13.6. The molecule has 6 heteroatoms. The van der Waals surface area contributed by atoms with E-state index in [1.165, 1.54) is 32.4 Å². The first kappa shape index (κ1) is 16.1. The van der Waals surface area contributed by atoms with Gasteiger partial charge in [0.05, 0.1) is 11.9 Å². The number of rotatable bonds is 6. The van der Waals surface area contributed by atoms with Crippen LogP contribution in [0.15, 0.2) is 18.2 Å². The van der Waals surface area contributed by atoms with Gasteiger partial charge in [0.2, 0.25) is 10.0 Å². The van der Waals surface area contributed by atoms with Gasteiger partial charge >= 0.3 is 0 Å². The molecule has 0 aromatic heterocycles. The Morgan fingerprint density at radius 2 is 2.05 bits per heavy atom. The third-order valence-electron chi connectivity index (χ3n) is 3.72. The van der Waals surface area contributed by atoms with Crippen molar-refractivity contribution in [3.8, 4) is 0 Å². The van der Waals surface area contributed by atoms with Gasteiger partial charge in [0.15, 0.2) is 0 Å². The number of hydrogen-bond acceptors (Lipinski definition) is 4. The molecule has 1 radical (unpaired) electrons. The molecular formula is C15H24N3O2S. The SMILES string of the molecule is CN(CCN1CCCCC1)c1cc[c]c(NS(C)(=O)=O)c1. The molecule has 0 spiro atoms. The van der Waals surface area contributed by atoms with Gasteiger partial charge in [-0.15, -0.1) is 0 Å². The van der Waals surface area contributed by atoms with Crippen molar-refractivity contribution in [2.45, 2.75) is 19.3 Å². The molecule has 0 amide bonds. The molecule has 0 saturated carbocycles. The molecule has 1 aromatic carbocycles. The van der Waals surface area contributed by atoms with Gasteiger partial charge in [0, 0.05) is 31.9 Å². The van der Waals surface area contributed by atoms with Gasteiger partial charge in [-0.05, 0) is 38.1 Å². The lowest BCUT2D eigenvalue weighted by molar-refractivity contribution is 0.234. The predicted octanol–water partition coefficient (Wildman–Crippen LogP) is 1.78. The number of nitrogens with one attached hydrogen (secondary N) is 1. The van der Waals surface area contributed by atoms with Crippen molar-refractivity contribution in [1.29, 1.82) is 0 Å². The quantitative estimate of drug-likeness (QED) is 0.870. The molecule has 1 fully saturated rings. The Labute approximate surface area is 128 Å². The summed E-state index contributed by atoms with van der Waals surface area (Å²) in [5.41, 5.74) is 1.48. The smallest absolute Gasteiger partial charge is 0.229 e. The second kappa shape index (κ2) is 7.13. The maximum atomic E-state index is 11.3. The Bertz CT molecular complexity index is 554. The lowest BCUT2D eigenvalue weighted by Crippen LogP contribution is -2.36. The van der Waals surface area contributed by atoms with Crippen LogP contribution in [0.5, 0.6) is 0 Å². The van der Waals surface area contributed by atoms with Crippen LogP contribution in [0.4, 0.5) is 11.4 Å². The second-order valence-electron chi connectivity index (χ2n) is 5.66. The van der Waals surface area contributed by atoms with E-state index in [0.29, 0.717) is 5.69 Å². The van der Waals surface area contributed by atoms with E-state index < -0.39 is 10.0 Å². The molecule has 1 aliphatic heterocycles. The summed E-state index contributed by atoms with van der Waals surface area (Å²) in [6, 6.07) is 8.41. The topological polar surface area (TPSA) is 52.6 Å². The van der Waals surface area contributed by atoms with Crippen LogP contribution in [-0.2, 0) is 10.0 Å². The maximum absolute atomic E-state index is 11.3. The monoisotopic (exact) mass is 310 g/mol. The van der Waals surface area contributed by atoms with Crippen molar-refractivity contribution in [1.82, 2.24) is 4.90 Å². The molecule has 0 unspecified atom stereocenters. The Morgan fingerprint density at radius 1 is 1.33 bits per heavy atom. The van der Waals surface area contributed by atoms with Crippen molar-refractivity contribution >= 4 is 21.4 Å². The minimum atomic E-state index is -3.26. The van der Waals surface area contributed by atoms with Gasteiger partial charge in [-0.3, -0.25) is 4.72 Å². The van der Waals surface area contributed by atoms with Crippen LogP contribution in [0.2, 0.25) is 0 Å². The normalized spacial score (nSPS) is 16.7. The average Bonchev–Trinajstić information content (AvgIpc) is 2.44. The van der Waals surface area contributed by atoms with Crippen LogP contribution in [0.25, 0.3) is 0 Å². The van der Waals surface area contributed by atoms with Crippen LogP contribution in [0.1, 0.15) is 19.3 Å². The zero-order chi connectivity index (χ0) is 15.3. The standard InChI is InChI=1S/C15H24N3O2S/c1-17(11-12-18-9-4-3-5-10-18)15-8-6-7-14(13-15)16-21(2,19)20/h6,8,13,16H,3-5,9-12H2,1-2H3. The first-order valence-electron chi connectivity index (χ1n) is 7.37. The second-order valence-corrected chi connectivity index (χ2v) is 7.41. The summed E-state index contributed by atoms with van der Waals surface area (Å²) in [4.78, 5) is 4.64. The highest BCUT2D eigenvalue weighted by Crippen LogP contribution is 2.19. The summed E-state index contributed by atoms with van der Waals surface area (Å²) in [5, 5.41) is 0. The molecular weight excluding hydrogens is 286 g/mol. The minimum Gasteiger partial charge on any atom is -0.373 e. The summed E-state index contributed by atoms with van der Waals surface area (Å²) in [6.07, 6.45) is 5.09. The number of benzene rings is 1. The number of nitrogens with zero attached hydrogens (tertiary/aromatic N) is 2. The van der Waals surface area contributed by atoms with Gasteiger partial charge in [0.1, 0.15) is 0 Å². The van der Waals surface area contributed by atoms with Crippen molar-refractivity contribution in [3.05, 3.63) is 24.3 Å². The molecule has 1 saturated heterocycles. The predicted molar refractivity (Wildman–Crippen MR) is 87.3 cm³/mol.